The van der Waals surface area contributed by atoms with Gasteiger partial charge in [0.15, 0.2) is 5.96 Å². The largest absolute Gasteiger partial charge is 0.492 e. The Bertz CT molecular complexity index is 579. The molecule has 0 aromatic heterocycles. The number of carbonyl (C=O) groups is 1. The molecule has 0 aliphatic carbocycles. The van der Waals surface area contributed by atoms with E-state index in [9.17, 15) is 4.79 Å². The predicted molar refractivity (Wildman–Crippen MR) is 124 cm³/mol. The number of hydrogen-bond donors (Lipinski definition) is 3. The lowest BCUT2D eigenvalue weighted by atomic mass is 10.0. The first-order valence-corrected chi connectivity index (χ1v) is 9.38. The molecule has 0 aliphatic rings. The number of aliphatic imine (C=N–C) groups is 1. The maximum Gasteiger partial charge on any atom is 0.221 e. The van der Waals surface area contributed by atoms with Crippen molar-refractivity contribution in [2.75, 3.05) is 25.5 Å². The lowest BCUT2D eigenvalue weighted by molar-refractivity contribution is -0.114. The van der Waals surface area contributed by atoms with Crippen molar-refractivity contribution in [2.45, 2.75) is 53.0 Å². The molecule has 1 aromatic rings. The van der Waals surface area contributed by atoms with Gasteiger partial charge in [0, 0.05) is 31.8 Å². The Morgan fingerprint density at radius 2 is 1.96 bits per heavy atom. The normalized spacial score (nSPS) is 12.1. The Morgan fingerprint density at radius 3 is 2.59 bits per heavy atom. The first-order chi connectivity index (χ1) is 12.4. The Kier molecular flexibility index (Phi) is 13.7. The van der Waals surface area contributed by atoms with Gasteiger partial charge in [-0.15, -0.1) is 24.0 Å². The third kappa shape index (κ3) is 12.5. The van der Waals surface area contributed by atoms with E-state index in [0.717, 1.165) is 29.7 Å². The molecule has 0 spiro atoms. The summed E-state index contributed by atoms with van der Waals surface area (Å²) >= 11 is 0. The van der Waals surface area contributed by atoms with Gasteiger partial charge in [0.05, 0.1) is 6.54 Å². The summed E-state index contributed by atoms with van der Waals surface area (Å²) in [6.45, 7) is 9.32. The predicted octanol–water partition coefficient (Wildman–Crippen LogP) is 4.02. The number of benzene rings is 1. The van der Waals surface area contributed by atoms with E-state index in [1.54, 1.807) is 7.05 Å². The van der Waals surface area contributed by atoms with Crippen LogP contribution in [0.4, 0.5) is 5.69 Å². The zero-order valence-electron chi connectivity index (χ0n) is 17.2. The van der Waals surface area contributed by atoms with Gasteiger partial charge < -0.3 is 20.7 Å². The zero-order valence-corrected chi connectivity index (χ0v) is 19.5. The van der Waals surface area contributed by atoms with Crippen LogP contribution in [0, 0.1) is 5.92 Å². The summed E-state index contributed by atoms with van der Waals surface area (Å²) < 4.78 is 5.72. The number of ether oxygens (including phenoxy) is 1. The monoisotopic (exact) mass is 490 g/mol. The third-order valence-electron chi connectivity index (χ3n) is 3.84. The minimum Gasteiger partial charge on any atom is -0.492 e. The smallest absolute Gasteiger partial charge is 0.221 e. The van der Waals surface area contributed by atoms with Crippen LogP contribution in [0.5, 0.6) is 5.75 Å². The standard InChI is InChI=1S/C20H34N4O2.HI/c1-15(2)8-6-9-16(3)23-20(21-5)22-12-13-26-19-11-7-10-18(14-19)24-17(4)25;/h7,10-11,14-16H,6,8-9,12-13H2,1-5H3,(H,24,25)(H2,21,22,23);1H. The number of halogens is 1. The van der Waals surface area contributed by atoms with Gasteiger partial charge in [-0.3, -0.25) is 9.79 Å². The molecule has 0 radical (unpaired) electrons. The first kappa shape index (κ1) is 25.5. The van der Waals surface area contributed by atoms with E-state index in [1.807, 2.05) is 24.3 Å². The minimum atomic E-state index is -0.0961. The highest BCUT2D eigenvalue weighted by atomic mass is 127. The summed E-state index contributed by atoms with van der Waals surface area (Å²) in [5, 5.41) is 9.41. The number of carbonyl (C=O) groups excluding carboxylic acids is 1. The number of nitrogens with one attached hydrogen (secondary N) is 3. The molecular weight excluding hydrogens is 455 g/mol. The minimum absolute atomic E-state index is 0. The van der Waals surface area contributed by atoms with Crippen LogP contribution in [0.25, 0.3) is 0 Å². The van der Waals surface area contributed by atoms with Gasteiger partial charge in [-0.25, -0.2) is 0 Å². The molecule has 1 atom stereocenters. The topological polar surface area (TPSA) is 74.8 Å². The summed E-state index contributed by atoms with van der Waals surface area (Å²) in [6, 6.07) is 7.75. The summed E-state index contributed by atoms with van der Waals surface area (Å²) in [4.78, 5) is 15.4. The molecule has 0 fully saturated rings. The van der Waals surface area contributed by atoms with Gasteiger partial charge >= 0.3 is 0 Å². The SMILES string of the molecule is CN=C(NCCOc1cccc(NC(C)=O)c1)NC(C)CCCC(C)C.I. The van der Waals surface area contributed by atoms with E-state index in [4.69, 9.17) is 4.74 Å². The van der Waals surface area contributed by atoms with Crippen molar-refractivity contribution in [3.8, 4) is 5.75 Å². The van der Waals surface area contributed by atoms with Crippen molar-refractivity contribution >= 4 is 41.5 Å². The maximum atomic E-state index is 11.1. The third-order valence-corrected chi connectivity index (χ3v) is 3.84. The molecule has 6 nitrogen and oxygen atoms in total. The Balaban J connectivity index is 0.00000676. The van der Waals surface area contributed by atoms with Crippen molar-refractivity contribution in [2.24, 2.45) is 10.9 Å². The molecule has 0 bridgehead atoms. The van der Waals surface area contributed by atoms with Gasteiger partial charge in [-0.2, -0.15) is 0 Å². The lowest BCUT2D eigenvalue weighted by Crippen LogP contribution is -2.43. The summed E-state index contributed by atoms with van der Waals surface area (Å²) in [6.07, 6.45) is 3.60. The average molecular weight is 490 g/mol. The molecule has 0 saturated carbocycles. The van der Waals surface area contributed by atoms with Crippen LogP contribution in [0.3, 0.4) is 0 Å². The van der Waals surface area contributed by atoms with Gasteiger partial charge in [0.1, 0.15) is 12.4 Å². The average Bonchev–Trinajstić information content (AvgIpc) is 2.57. The Hall–Kier alpha value is -1.51. The number of hydrogen-bond acceptors (Lipinski definition) is 3. The summed E-state index contributed by atoms with van der Waals surface area (Å²) in [5.74, 6) is 2.17. The number of nitrogens with zero attached hydrogens (tertiary/aromatic N) is 1. The van der Waals surface area contributed by atoms with Crippen LogP contribution < -0.4 is 20.7 Å². The van der Waals surface area contributed by atoms with Gasteiger partial charge in [-0.05, 0) is 31.4 Å². The molecule has 1 unspecified atom stereocenters. The molecule has 7 heteroatoms. The Morgan fingerprint density at radius 1 is 1.22 bits per heavy atom. The van der Waals surface area contributed by atoms with E-state index in [-0.39, 0.29) is 29.9 Å². The quantitative estimate of drug-likeness (QED) is 0.201. The molecule has 1 rings (SSSR count). The summed E-state index contributed by atoms with van der Waals surface area (Å²) in [5.41, 5.74) is 0.732. The fraction of sp³-hybridized carbons (Fsp3) is 0.600. The van der Waals surface area contributed by atoms with E-state index in [2.05, 4.69) is 41.7 Å². The van der Waals surface area contributed by atoms with Crippen molar-refractivity contribution < 1.29 is 9.53 Å². The second-order valence-corrected chi connectivity index (χ2v) is 6.93. The number of guanidine groups is 1. The first-order valence-electron chi connectivity index (χ1n) is 9.38. The van der Waals surface area contributed by atoms with Crippen LogP contribution in [-0.4, -0.2) is 38.1 Å². The van der Waals surface area contributed by atoms with Crippen LogP contribution in [0.1, 0.15) is 47.0 Å². The van der Waals surface area contributed by atoms with Crippen molar-refractivity contribution in [3.63, 3.8) is 0 Å². The van der Waals surface area contributed by atoms with E-state index >= 15 is 0 Å². The molecule has 1 aromatic carbocycles. The van der Waals surface area contributed by atoms with Crippen molar-refractivity contribution in [1.82, 2.24) is 10.6 Å². The number of anilines is 1. The van der Waals surface area contributed by atoms with Gasteiger partial charge in [0.25, 0.3) is 0 Å². The molecular formula is C20H35IN4O2. The van der Waals surface area contributed by atoms with Gasteiger partial charge in [-0.1, -0.05) is 32.8 Å². The second kappa shape index (κ2) is 14.5. The lowest BCUT2D eigenvalue weighted by Gasteiger charge is -2.18. The maximum absolute atomic E-state index is 11.1. The number of rotatable bonds is 10. The van der Waals surface area contributed by atoms with Crippen LogP contribution in [0.2, 0.25) is 0 Å². The van der Waals surface area contributed by atoms with Crippen molar-refractivity contribution in [1.29, 1.82) is 0 Å². The second-order valence-electron chi connectivity index (χ2n) is 6.93. The van der Waals surface area contributed by atoms with E-state index in [1.165, 1.54) is 19.8 Å². The highest BCUT2D eigenvalue weighted by Crippen LogP contribution is 2.17. The molecule has 0 heterocycles. The van der Waals surface area contributed by atoms with Crippen molar-refractivity contribution in [3.05, 3.63) is 24.3 Å². The van der Waals surface area contributed by atoms with Crippen LogP contribution in [0.15, 0.2) is 29.3 Å². The fourth-order valence-corrected chi connectivity index (χ4v) is 2.54. The highest BCUT2D eigenvalue weighted by Gasteiger charge is 2.06. The molecule has 27 heavy (non-hydrogen) atoms. The van der Waals surface area contributed by atoms with E-state index in [0.29, 0.717) is 19.2 Å². The molecule has 0 aliphatic heterocycles. The van der Waals surface area contributed by atoms with Crippen LogP contribution >= 0.6 is 24.0 Å². The fourth-order valence-electron chi connectivity index (χ4n) is 2.54. The number of amides is 1. The highest BCUT2D eigenvalue weighted by molar-refractivity contribution is 14.0. The molecule has 3 N–H and O–H groups in total. The molecule has 154 valence electrons. The molecule has 0 saturated heterocycles. The summed E-state index contributed by atoms with van der Waals surface area (Å²) in [7, 11) is 1.77. The zero-order chi connectivity index (χ0) is 19.4. The Labute approximate surface area is 181 Å². The van der Waals surface area contributed by atoms with E-state index < -0.39 is 0 Å². The van der Waals surface area contributed by atoms with Gasteiger partial charge in [0.2, 0.25) is 5.91 Å². The molecule has 1 amide bonds. The van der Waals surface area contributed by atoms with Crippen LogP contribution in [-0.2, 0) is 4.79 Å².